The van der Waals surface area contributed by atoms with Gasteiger partial charge in [-0.3, -0.25) is 4.79 Å². The highest BCUT2D eigenvalue weighted by molar-refractivity contribution is 7.90. The Bertz CT molecular complexity index is 1800. The molecule has 0 aromatic heterocycles. The van der Waals surface area contributed by atoms with Crippen LogP contribution in [-0.4, -0.2) is 102 Å². The second-order valence-electron chi connectivity index (χ2n) is 15.3. The average molecular weight is 741 g/mol. The lowest BCUT2D eigenvalue weighted by molar-refractivity contribution is -0.155. The number of hydrogen-bond acceptors (Lipinski definition) is 9. The number of halogens is 1. The lowest BCUT2D eigenvalue weighted by Crippen LogP contribution is -2.55. The van der Waals surface area contributed by atoms with E-state index in [0.29, 0.717) is 62.1 Å². The topological polar surface area (TPSA) is 118 Å². The molecule has 3 aliphatic carbocycles. The Morgan fingerprint density at radius 2 is 1.90 bits per heavy atom. The van der Waals surface area contributed by atoms with Crippen molar-refractivity contribution >= 4 is 39.3 Å². The van der Waals surface area contributed by atoms with Crippen LogP contribution in [0.5, 0.6) is 5.75 Å². The van der Waals surface area contributed by atoms with E-state index in [4.69, 9.17) is 25.8 Å². The van der Waals surface area contributed by atoms with Crippen molar-refractivity contribution in [1.82, 2.24) is 14.5 Å². The summed E-state index contributed by atoms with van der Waals surface area (Å²) in [5.74, 6) is 0.120. The molecule has 276 valence electrons. The van der Waals surface area contributed by atoms with Crippen LogP contribution >= 0.6 is 11.6 Å². The summed E-state index contributed by atoms with van der Waals surface area (Å²) in [4.78, 5) is 32.8. The SMILES string of the molecule is CN(C)CCN(C)C(=O)O[C@H]1/C=C/COC2(CCC2)C(=O)NS(=O)(=O)c2ccc3c(c2)N(C[C@@H]2CC[C@H]21)C[C@@]1(CCCc2cc(Cl)ccc21)CO3. The molecule has 0 saturated heterocycles. The minimum absolute atomic E-state index is 0.00540. The third-order valence-electron chi connectivity index (χ3n) is 11.7. The Morgan fingerprint density at radius 3 is 2.63 bits per heavy atom. The number of nitrogens with zero attached hydrogens (tertiary/aromatic N) is 3. The first-order valence-electron chi connectivity index (χ1n) is 18.1. The molecule has 2 aromatic carbocycles. The molecule has 2 heterocycles. The zero-order chi connectivity index (χ0) is 36.0. The molecule has 7 rings (SSSR count). The number of amides is 2. The Kier molecular flexibility index (Phi) is 10.1. The number of carbonyl (C=O) groups is 2. The summed E-state index contributed by atoms with van der Waals surface area (Å²) in [5, 5.41) is 0.706. The number of carbonyl (C=O) groups excluding carboxylic acids is 2. The van der Waals surface area contributed by atoms with Crippen LogP contribution in [0.1, 0.15) is 56.1 Å². The fourth-order valence-electron chi connectivity index (χ4n) is 8.32. The van der Waals surface area contributed by atoms with Crippen molar-refractivity contribution in [3.63, 3.8) is 0 Å². The van der Waals surface area contributed by atoms with E-state index in [1.165, 1.54) is 17.2 Å². The van der Waals surface area contributed by atoms with Crippen molar-refractivity contribution in [2.75, 3.05) is 65.4 Å². The smallest absolute Gasteiger partial charge is 0.410 e. The maximum Gasteiger partial charge on any atom is 0.410 e. The first-order valence-corrected chi connectivity index (χ1v) is 20.0. The number of anilines is 1. The molecule has 2 spiro atoms. The van der Waals surface area contributed by atoms with Crippen LogP contribution in [0.15, 0.2) is 53.4 Å². The van der Waals surface area contributed by atoms with Crippen LogP contribution in [0.4, 0.5) is 10.5 Å². The lowest BCUT2D eigenvalue weighted by Gasteiger charge is -2.46. The number of likely N-dealkylation sites (N-methyl/N-ethyl adjacent to an activating group) is 2. The van der Waals surface area contributed by atoms with Gasteiger partial charge in [0.25, 0.3) is 15.9 Å². The van der Waals surface area contributed by atoms with Crippen molar-refractivity contribution in [1.29, 1.82) is 0 Å². The van der Waals surface area contributed by atoms with Crippen LogP contribution in [0.25, 0.3) is 0 Å². The van der Waals surface area contributed by atoms with E-state index >= 15 is 0 Å². The number of sulfonamides is 1. The van der Waals surface area contributed by atoms with Gasteiger partial charge in [-0.1, -0.05) is 23.7 Å². The number of ether oxygens (including phenoxy) is 3. The molecule has 1 N–H and O–H groups in total. The molecule has 0 radical (unpaired) electrons. The number of fused-ring (bicyclic) bond motifs is 4. The third-order valence-corrected chi connectivity index (χ3v) is 13.3. The quantitative estimate of drug-likeness (QED) is 0.425. The number of benzene rings is 2. The van der Waals surface area contributed by atoms with Crippen molar-refractivity contribution in [3.05, 3.63) is 64.7 Å². The summed E-state index contributed by atoms with van der Waals surface area (Å²) in [5.41, 5.74) is 1.51. The zero-order valence-electron chi connectivity index (χ0n) is 29.7. The van der Waals surface area contributed by atoms with Crippen LogP contribution in [0, 0.1) is 11.8 Å². The van der Waals surface area contributed by atoms with Crippen molar-refractivity contribution in [2.45, 2.75) is 73.4 Å². The average Bonchev–Trinajstić information content (AvgIpc) is 3.20. The van der Waals surface area contributed by atoms with E-state index < -0.39 is 27.6 Å². The Balaban J connectivity index is 1.27. The van der Waals surface area contributed by atoms with Crippen LogP contribution < -0.4 is 14.4 Å². The minimum Gasteiger partial charge on any atom is -0.490 e. The van der Waals surface area contributed by atoms with Gasteiger partial charge in [0.05, 0.1) is 23.8 Å². The molecule has 2 aliphatic heterocycles. The summed E-state index contributed by atoms with van der Waals surface area (Å²) < 4.78 is 48.8. The predicted octanol–water partition coefficient (Wildman–Crippen LogP) is 5.15. The van der Waals surface area contributed by atoms with Gasteiger partial charge in [-0.05, 0) is 119 Å². The van der Waals surface area contributed by atoms with Gasteiger partial charge in [0.1, 0.15) is 17.5 Å². The molecule has 2 saturated carbocycles. The summed E-state index contributed by atoms with van der Waals surface area (Å²) in [6.07, 6.45) is 9.03. The summed E-state index contributed by atoms with van der Waals surface area (Å²) in [6.45, 7) is 2.98. The monoisotopic (exact) mass is 740 g/mol. The molecule has 51 heavy (non-hydrogen) atoms. The van der Waals surface area contributed by atoms with Crippen molar-refractivity contribution in [3.8, 4) is 5.75 Å². The molecular weight excluding hydrogens is 692 g/mol. The van der Waals surface area contributed by atoms with Gasteiger partial charge in [0, 0.05) is 49.6 Å². The Labute approximate surface area is 306 Å². The van der Waals surface area contributed by atoms with Crippen LogP contribution in [0.3, 0.4) is 0 Å². The molecule has 4 atom stereocenters. The standard InChI is InChI=1S/C38H49ClN4O7S/c1-41(2)18-19-42(3)36(45)50-33-8-5-20-49-38(16-6-17-38)35(44)40-51(46,47)29-11-14-34-32(22-29)43(23-27-9-12-30(27)33)24-37(25-48-34)15-4-7-26-21-28(39)10-13-31(26)37/h5,8,10-11,13-14,21-22,27,30,33H,4,6-7,9,12,15-20,23-25H2,1-3H3,(H,40,44)/b8-5+/t27-,30+,33-,37-/m0/s1. The normalized spacial score (nSPS) is 28.6. The number of aryl methyl sites for hydroxylation is 1. The summed E-state index contributed by atoms with van der Waals surface area (Å²) in [6, 6.07) is 11.0. The number of hydrogen-bond donors (Lipinski definition) is 1. The second kappa shape index (κ2) is 14.2. The molecular formula is C38H49ClN4O7S. The molecule has 11 nitrogen and oxygen atoms in total. The fourth-order valence-corrected chi connectivity index (χ4v) is 9.58. The van der Waals surface area contributed by atoms with E-state index in [1.54, 1.807) is 30.2 Å². The Hall–Kier alpha value is -3.32. The van der Waals surface area contributed by atoms with E-state index in [-0.39, 0.29) is 34.8 Å². The van der Waals surface area contributed by atoms with Crippen LogP contribution in [0.2, 0.25) is 5.02 Å². The first kappa shape index (κ1) is 36.1. The highest BCUT2D eigenvalue weighted by atomic mass is 35.5. The molecule has 2 amide bonds. The summed E-state index contributed by atoms with van der Waals surface area (Å²) in [7, 11) is 1.46. The van der Waals surface area contributed by atoms with E-state index in [9.17, 15) is 18.0 Å². The lowest BCUT2D eigenvalue weighted by atomic mass is 9.68. The first-order chi connectivity index (χ1) is 24.4. The molecule has 2 bridgehead atoms. The van der Waals surface area contributed by atoms with Gasteiger partial charge in [-0.25, -0.2) is 17.9 Å². The van der Waals surface area contributed by atoms with Crippen LogP contribution in [-0.2, 0) is 36.1 Å². The number of nitrogens with one attached hydrogen (secondary N) is 1. The number of rotatable bonds is 4. The second-order valence-corrected chi connectivity index (χ2v) is 17.4. The molecule has 0 unspecified atom stereocenters. The van der Waals surface area contributed by atoms with Crippen molar-refractivity contribution in [2.24, 2.45) is 11.8 Å². The predicted molar refractivity (Wildman–Crippen MR) is 195 cm³/mol. The zero-order valence-corrected chi connectivity index (χ0v) is 31.3. The fraction of sp³-hybridized carbons (Fsp3) is 0.579. The van der Waals surface area contributed by atoms with Gasteiger partial charge in [0.15, 0.2) is 0 Å². The molecule has 2 aromatic rings. The molecule has 13 heteroatoms. The molecule has 2 fully saturated rings. The van der Waals surface area contributed by atoms with Crippen molar-refractivity contribution < 1.29 is 32.2 Å². The van der Waals surface area contributed by atoms with Gasteiger partial charge < -0.3 is 28.9 Å². The minimum atomic E-state index is -4.22. The maximum atomic E-state index is 13.8. The highest BCUT2D eigenvalue weighted by Gasteiger charge is 2.48. The van der Waals surface area contributed by atoms with E-state index in [1.807, 2.05) is 31.1 Å². The Morgan fingerprint density at radius 1 is 1.08 bits per heavy atom. The summed E-state index contributed by atoms with van der Waals surface area (Å²) >= 11 is 6.45. The molecule has 5 aliphatic rings. The maximum absolute atomic E-state index is 13.8. The van der Waals surface area contributed by atoms with E-state index in [0.717, 1.165) is 38.5 Å². The van der Waals surface area contributed by atoms with Gasteiger partial charge in [-0.15, -0.1) is 0 Å². The van der Waals surface area contributed by atoms with Gasteiger partial charge in [-0.2, -0.15) is 0 Å². The third kappa shape index (κ3) is 7.21. The van der Waals surface area contributed by atoms with Gasteiger partial charge in [0.2, 0.25) is 0 Å². The largest absolute Gasteiger partial charge is 0.490 e. The van der Waals surface area contributed by atoms with Gasteiger partial charge >= 0.3 is 6.09 Å². The van der Waals surface area contributed by atoms with E-state index in [2.05, 4.69) is 21.8 Å². The highest BCUT2D eigenvalue weighted by Crippen LogP contribution is 2.47.